The van der Waals surface area contributed by atoms with E-state index >= 15 is 0 Å². The van der Waals surface area contributed by atoms with Crippen LogP contribution in [-0.4, -0.2) is 42.6 Å². The van der Waals surface area contributed by atoms with E-state index in [1.807, 2.05) is 12.1 Å². The molecule has 108 valence electrons. The molecule has 0 unspecified atom stereocenters. The number of benzene rings is 1. The maximum atomic E-state index is 11.3. The summed E-state index contributed by atoms with van der Waals surface area (Å²) in [5.74, 6) is 1.16. The molecule has 1 amide bonds. The summed E-state index contributed by atoms with van der Waals surface area (Å²) in [4.78, 5) is 13.8. The summed E-state index contributed by atoms with van der Waals surface area (Å²) >= 11 is 0. The standard InChI is InChI=1S/C16H22N2O2/c1-12-3-2-4-14(9-12)20-15-10-18(11-15)13-5-6-16(19)17-8-7-13/h2-4,9,13,15H,5-8,10-11H2,1H3,(H,17,19)/t13-/m0/s1. The van der Waals surface area contributed by atoms with Crippen molar-refractivity contribution in [3.8, 4) is 5.75 Å². The van der Waals surface area contributed by atoms with Crippen molar-refractivity contribution < 1.29 is 9.53 Å². The molecule has 0 radical (unpaired) electrons. The second kappa shape index (κ2) is 5.83. The summed E-state index contributed by atoms with van der Waals surface area (Å²) in [6.45, 7) is 4.85. The third-order valence-electron chi connectivity index (χ3n) is 4.19. The van der Waals surface area contributed by atoms with Crippen LogP contribution < -0.4 is 10.1 Å². The predicted molar refractivity (Wildman–Crippen MR) is 77.8 cm³/mol. The molecule has 1 aromatic rings. The van der Waals surface area contributed by atoms with E-state index in [4.69, 9.17) is 4.74 Å². The molecule has 0 spiro atoms. The highest BCUT2D eigenvalue weighted by molar-refractivity contribution is 5.76. The van der Waals surface area contributed by atoms with E-state index < -0.39 is 0 Å². The summed E-state index contributed by atoms with van der Waals surface area (Å²) < 4.78 is 5.98. The maximum absolute atomic E-state index is 11.3. The number of carbonyl (C=O) groups excluding carboxylic acids is 1. The zero-order chi connectivity index (χ0) is 13.9. The molecule has 1 aromatic carbocycles. The van der Waals surface area contributed by atoms with E-state index in [0.29, 0.717) is 18.6 Å². The van der Waals surface area contributed by atoms with Crippen LogP contribution in [0.2, 0.25) is 0 Å². The Morgan fingerprint density at radius 1 is 1.30 bits per heavy atom. The van der Waals surface area contributed by atoms with Gasteiger partial charge in [-0.1, -0.05) is 12.1 Å². The highest BCUT2D eigenvalue weighted by Crippen LogP contribution is 2.24. The number of amides is 1. The van der Waals surface area contributed by atoms with Gasteiger partial charge in [-0.3, -0.25) is 9.69 Å². The quantitative estimate of drug-likeness (QED) is 0.912. The van der Waals surface area contributed by atoms with E-state index in [1.54, 1.807) is 0 Å². The Hall–Kier alpha value is -1.55. The van der Waals surface area contributed by atoms with Gasteiger partial charge in [0, 0.05) is 32.1 Å². The lowest BCUT2D eigenvalue weighted by atomic mass is 10.0. The van der Waals surface area contributed by atoms with E-state index in [2.05, 4.69) is 29.3 Å². The Balaban J connectivity index is 1.47. The van der Waals surface area contributed by atoms with Gasteiger partial charge in [0.15, 0.2) is 0 Å². The lowest BCUT2D eigenvalue weighted by Gasteiger charge is -2.43. The number of aryl methyl sites for hydroxylation is 1. The van der Waals surface area contributed by atoms with Crippen LogP contribution in [0.5, 0.6) is 5.75 Å². The van der Waals surface area contributed by atoms with Crippen molar-refractivity contribution in [2.75, 3.05) is 19.6 Å². The second-order valence-electron chi connectivity index (χ2n) is 5.84. The lowest BCUT2D eigenvalue weighted by molar-refractivity contribution is -0.120. The van der Waals surface area contributed by atoms with Gasteiger partial charge < -0.3 is 10.1 Å². The molecular weight excluding hydrogens is 252 g/mol. The Labute approximate surface area is 120 Å². The van der Waals surface area contributed by atoms with E-state index in [1.165, 1.54) is 5.56 Å². The van der Waals surface area contributed by atoms with Gasteiger partial charge in [-0.25, -0.2) is 0 Å². The van der Waals surface area contributed by atoms with Crippen molar-refractivity contribution >= 4 is 5.91 Å². The third-order valence-corrected chi connectivity index (χ3v) is 4.19. The fraction of sp³-hybridized carbons (Fsp3) is 0.562. The number of carbonyl (C=O) groups is 1. The number of rotatable bonds is 3. The monoisotopic (exact) mass is 274 g/mol. The van der Waals surface area contributed by atoms with Crippen LogP contribution in [0.4, 0.5) is 0 Å². The molecule has 1 atom stereocenters. The third kappa shape index (κ3) is 3.12. The summed E-state index contributed by atoms with van der Waals surface area (Å²) in [5, 5.41) is 2.94. The fourth-order valence-electron chi connectivity index (χ4n) is 3.00. The molecule has 2 heterocycles. The van der Waals surface area contributed by atoms with Crippen molar-refractivity contribution in [1.82, 2.24) is 10.2 Å². The van der Waals surface area contributed by atoms with Crippen molar-refractivity contribution in [2.45, 2.75) is 38.3 Å². The first-order valence-corrected chi connectivity index (χ1v) is 7.45. The minimum Gasteiger partial charge on any atom is -0.488 e. The Bertz CT molecular complexity index is 483. The Morgan fingerprint density at radius 3 is 2.95 bits per heavy atom. The minimum absolute atomic E-state index is 0.195. The van der Waals surface area contributed by atoms with Crippen LogP contribution in [0.25, 0.3) is 0 Å². The first-order chi connectivity index (χ1) is 9.70. The van der Waals surface area contributed by atoms with Gasteiger partial charge in [-0.2, -0.15) is 0 Å². The number of nitrogens with zero attached hydrogens (tertiary/aromatic N) is 1. The second-order valence-corrected chi connectivity index (χ2v) is 5.84. The van der Waals surface area contributed by atoms with Gasteiger partial charge in [-0.15, -0.1) is 0 Å². The molecule has 3 rings (SSSR count). The minimum atomic E-state index is 0.195. The first kappa shape index (κ1) is 13.4. The number of ether oxygens (including phenoxy) is 1. The summed E-state index contributed by atoms with van der Waals surface area (Å²) in [6, 6.07) is 8.74. The van der Waals surface area contributed by atoms with E-state index in [9.17, 15) is 4.79 Å². The molecule has 0 bridgehead atoms. The smallest absolute Gasteiger partial charge is 0.220 e. The highest BCUT2D eigenvalue weighted by atomic mass is 16.5. The molecule has 0 aromatic heterocycles. The van der Waals surface area contributed by atoms with Crippen LogP contribution in [0, 0.1) is 6.92 Å². The van der Waals surface area contributed by atoms with Crippen molar-refractivity contribution in [3.05, 3.63) is 29.8 Å². The summed E-state index contributed by atoms with van der Waals surface area (Å²) in [5.41, 5.74) is 1.23. The van der Waals surface area contributed by atoms with E-state index in [0.717, 1.165) is 38.2 Å². The largest absolute Gasteiger partial charge is 0.488 e. The summed E-state index contributed by atoms with van der Waals surface area (Å²) in [7, 11) is 0. The molecule has 2 aliphatic rings. The molecular formula is C16H22N2O2. The van der Waals surface area contributed by atoms with Crippen molar-refractivity contribution in [2.24, 2.45) is 0 Å². The fourth-order valence-corrected chi connectivity index (χ4v) is 3.00. The normalized spacial score (nSPS) is 24.6. The molecule has 20 heavy (non-hydrogen) atoms. The van der Waals surface area contributed by atoms with Gasteiger partial charge in [0.2, 0.25) is 5.91 Å². The van der Waals surface area contributed by atoms with Crippen LogP contribution in [0.15, 0.2) is 24.3 Å². The molecule has 0 saturated carbocycles. The van der Waals surface area contributed by atoms with E-state index in [-0.39, 0.29) is 5.91 Å². The number of hydrogen-bond donors (Lipinski definition) is 1. The average Bonchev–Trinajstić information content (AvgIpc) is 2.58. The van der Waals surface area contributed by atoms with Crippen LogP contribution in [0.3, 0.4) is 0 Å². The average molecular weight is 274 g/mol. The lowest BCUT2D eigenvalue weighted by Crippen LogP contribution is -2.57. The first-order valence-electron chi connectivity index (χ1n) is 7.45. The highest BCUT2D eigenvalue weighted by Gasteiger charge is 2.34. The SMILES string of the molecule is Cc1cccc(OC2CN([C@@H]3CCNC(=O)CC3)C2)c1. The van der Waals surface area contributed by atoms with Crippen LogP contribution in [-0.2, 0) is 4.79 Å². The molecule has 1 N–H and O–H groups in total. The Kier molecular flexibility index (Phi) is 3.92. The van der Waals surface area contributed by atoms with Crippen LogP contribution >= 0.6 is 0 Å². The number of likely N-dealkylation sites (tertiary alicyclic amines) is 1. The molecule has 2 aliphatic heterocycles. The number of hydrogen-bond acceptors (Lipinski definition) is 3. The Morgan fingerprint density at radius 2 is 2.15 bits per heavy atom. The van der Waals surface area contributed by atoms with Gasteiger partial charge >= 0.3 is 0 Å². The van der Waals surface area contributed by atoms with Gasteiger partial charge in [0.05, 0.1) is 0 Å². The zero-order valence-corrected chi connectivity index (χ0v) is 12.0. The van der Waals surface area contributed by atoms with Crippen molar-refractivity contribution in [1.29, 1.82) is 0 Å². The maximum Gasteiger partial charge on any atom is 0.220 e. The zero-order valence-electron chi connectivity index (χ0n) is 12.0. The van der Waals surface area contributed by atoms with Gasteiger partial charge in [0.25, 0.3) is 0 Å². The van der Waals surface area contributed by atoms with Crippen LogP contribution in [0.1, 0.15) is 24.8 Å². The van der Waals surface area contributed by atoms with Gasteiger partial charge in [0.1, 0.15) is 11.9 Å². The molecule has 0 aliphatic carbocycles. The number of nitrogens with one attached hydrogen (secondary N) is 1. The molecule has 4 heteroatoms. The topological polar surface area (TPSA) is 41.6 Å². The predicted octanol–water partition coefficient (Wildman–Crippen LogP) is 1.73. The summed E-state index contributed by atoms with van der Waals surface area (Å²) in [6.07, 6.45) is 2.99. The van der Waals surface area contributed by atoms with Gasteiger partial charge in [-0.05, 0) is 37.5 Å². The van der Waals surface area contributed by atoms with Crippen molar-refractivity contribution in [3.63, 3.8) is 0 Å². The molecule has 2 fully saturated rings. The molecule has 2 saturated heterocycles. The molecule has 4 nitrogen and oxygen atoms in total.